The molecule has 1 aromatic carbocycles. The highest BCUT2D eigenvalue weighted by molar-refractivity contribution is 6.30. The molecule has 1 aliphatic rings. The molecule has 1 N–H and O–H groups in total. The van der Waals surface area contributed by atoms with E-state index in [-0.39, 0.29) is 18.4 Å². The van der Waals surface area contributed by atoms with Crippen molar-refractivity contribution in [2.45, 2.75) is 25.7 Å². The first kappa shape index (κ1) is 13.9. The van der Waals surface area contributed by atoms with Crippen molar-refractivity contribution in [1.82, 2.24) is 0 Å². The van der Waals surface area contributed by atoms with Crippen LogP contribution >= 0.6 is 11.6 Å². The lowest BCUT2D eigenvalue weighted by Crippen LogP contribution is -2.39. The molecular formula is C14H16ClNO3. The summed E-state index contributed by atoms with van der Waals surface area (Å²) in [5.41, 5.74) is 0.587. The highest BCUT2D eigenvalue weighted by atomic mass is 35.5. The highest BCUT2D eigenvalue weighted by Gasteiger charge is 2.29. The Bertz CT molecular complexity index is 466. The van der Waals surface area contributed by atoms with Gasteiger partial charge in [0.1, 0.15) is 6.54 Å². The molecule has 1 fully saturated rings. The first-order valence-corrected chi connectivity index (χ1v) is 6.74. The van der Waals surface area contributed by atoms with Crippen LogP contribution in [-0.2, 0) is 9.59 Å². The minimum atomic E-state index is -1.01. The van der Waals surface area contributed by atoms with E-state index in [4.69, 9.17) is 16.7 Å². The monoisotopic (exact) mass is 281 g/mol. The maximum absolute atomic E-state index is 12.4. The molecule has 0 heterocycles. The molecular weight excluding hydrogens is 266 g/mol. The van der Waals surface area contributed by atoms with Crippen LogP contribution in [0.5, 0.6) is 0 Å². The van der Waals surface area contributed by atoms with Crippen molar-refractivity contribution in [3.63, 3.8) is 0 Å². The van der Waals surface area contributed by atoms with E-state index < -0.39 is 5.97 Å². The quantitative estimate of drug-likeness (QED) is 0.923. The summed E-state index contributed by atoms with van der Waals surface area (Å²) >= 11 is 5.81. The first-order valence-electron chi connectivity index (χ1n) is 6.36. The van der Waals surface area contributed by atoms with E-state index in [1.165, 1.54) is 4.90 Å². The molecule has 1 amide bonds. The van der Waals surface area contributed by atoms with Gasteiger partial charge in [-0.1, -0.05) is 24.4 Å². The van der Waals surface area contributed by atoms with Crippen molar-refractivity contribution >= 4 is 29.2 Å². The number of hydrogen-bond acceptors (Lipinski definition) is 2. The number of amides is 1. The van der Waals surface area contributed by atoms with Gasteiger partial charge in [-0.2, -0.15) is 0 Å². The Hall–Kier alpha value is -1.55. The van der Waals surface area contributed by atoms with Crippen LogP contribution in [0.3, 0.4) is 0 Å². The lowest BCUT2D eigenvalue weighted by Gasteiger charge is -2.24. The summed E-state index contributed by atoms with van der Waals surface area (Å²) in [5, 5.41) is 9.53. The molecule has 1 saturated carbocycles. The number of anilines is 1. The Morgan fingerprint density at radius 2 is 1.79 bits per heavy atom. The predicted molar refractivity (Wildman–Crippen MR) is 73.4 cm³/mol. The summed E-state index contributed by atoms with van der Waals surface area (Å²) in [6, 6.07) is 6.68. The van der Waals surface area contributed by atoms with Gasteiger partial charge in [0.25, 0.3) is 0 Å². The SMILES string of the molecule is O=C(O)CN(C(=O)C1CCCC1)c1ccc(Cl)cc1. The van der Waals surface area contributed by atoms with Crippen molar-refractivity contribution in [1.29, 1.82) is 0 Å². The van der Waals surface area contributed by atoms with Crippen molar-refractivity contribution in [3.05, 3.63) is 29.3 Å². The zero-order valence-corrected chi connectivity index (χ0v) is 11.3. The van der Waals surface area contributed by atoms with Crippen molar-refractivity contribution in [2.75, 3.05) is 11.4 Å². The molecule has 0 aliphatic heterocycles. The third-order valence-electron chi connectivity index (χ3n) is 3.40. The number of carboxylic acid groups (broad SMARTS) is 1. The number of halogens is 1. The zero-order valence-electron chi connectivity index (χ0n) is 10.5. The van der Waals surface area contributed by atoms with Gasteiger partial charge in [0.2, 0.25) is 5.91 Å². The topological polar surface area (TPSA) is 57.6 Å². The van der Waals surface area contributed by atoms with E-state index in [0.717, 1.165) is 25.7 Å². The average Bonchev–Trinajstić information content (AvgIpc) is 2.90. The van der Waals surface area contributed by atoms with Gasteiger partial charge in [-0.25, -0.2) is 0 Å². The van der Waals surface area contributed by atoms with E-state index in [9.17, 15) is 9.59 Å². The lowest BCUT2D eigenvalue weighted by molar-refractivity contribution is -0.137. The molecule has 5 heteroatoms. The van der Waals surface area contributed by atoms with Crippen LogP contribution in [0, 0.1) is 5.92 Å². The second-order valence-corrected chi connectivity index (χ2v) is 5.21. The molecule has 1 aromatic rings. The van der Waals surface area contributed by atoms with Crippen molar-refractivity contribution in [3.8, 4) is 0 Å². The summed E-state index contributed by atoms with van der Waals surface area (Å²) in [6.45, 7) is -0.309. The van der Waals surface area contributed by atoms with E-state index in [2.05, 4.69) is 0 Å². The Balaban J connectivity index is 2.21. The summed E-state index contributed by atoms with van der Waals surface area (Å²) in [7, 11) is 0. The standard InChI is InChI=1S/C14H16ClNO3/c15-11-5-7-12(8-6-11)16(9-13(17)18)14(19)10-3-1-2-4-10/h5-8,10H,1-4,9H2,(H,17,18). The average molecular weight is 282 g/mol. The zero-order chi connectivity index (χ0) is 13.8. The third kappa shape index (κ3) is 3.47. The van der Waals surface area contributed by atoms with Gasteiger partial charge in [0.15, 0.2) is 0 Å². The van der Waals surface area contributed by atoms with E-state index in [1.54, 1.807) is 24.3 Å². The molecule has 102 valence electrons. The fourth-order valence-electron chi connectivity index (χ4n) is 2.45. The lowest BCUT2D eigenvalue weighted by atomic mass is 10.1. The van der Waals surface area contributed by atoms with Gasteiger partial charge in [0, 0.05) is 16.6 Å². The fourth-order valence-corrected chi connectivity index (χ4v) is 2.57. The van der Waals surface area contributed by atoms with Crippen LogP contribution in [0.25, 0.3) is 0 Å². The van der Waals surface area contributed by atoms with Crippen LogP contribution in [0.2, 0.25) is 5.02 Å². The molecule has 0 spiro atoms. The summed E-state index contributed by atoms with van der Waals surface area (Å²) in [6.07, 6.45) is 3.78. The summed E-state index contributed by atoms with van der Waals surface area (Å²) in [5.74, 6) is -1.15. The maximum atomic E-state index is 12.4. The number of rotatable bonds is 4. The minimum absolute atomic E-state index is 0.0463. The van der Waals surface area contributed by atoms with Crippen LogP contribution < -0.4 is 4.90 Å². The summed E-state index contributed by atoms with van der Waals surface area (Å²) in [4.78, 5) is 24.7. The molecule has 19 heavy (non-hydrogen) atoms. The van der Waals surface area contributed by atoms with Gasteiger partial charge < -0.3 is 10.0 Å². The van der Waals surface area contributed by atoms with Crippen LogP contribution in [0.1, 0.15) is 25.7 Å². The van der Waals surface area contributed by atoms with E-state index in [1.807, 2.05) is 0 Å². The Morgan fingerprint density at radius 3 is 2.32 bits per heavy atom. The number of aliphatic carboxylic acids is 1. The number of carbonyl (C=O) groups excluding carboxylic acids is 1. The smallest absolute Gasteiger partial charge is 0.323 e. The number of carbonyl (C=O) groups is 2. The van der Waals surface area contributed by atoms with Gasteiger partial charge in [-0.3, -0.25) is 9.59 Å². The third-order valence-corrected chi connectivity index (χ3v) is 3.65. The van der Waals surface area contributed by atoms with Crippen LogP contribution in [0.15, 0.2) is 24.3 Å². The normalized spacial score (nSPS) is 15.4. The molecule has 0 radical (unpaired) electrons. The number of benzene rings is 1. The van der Waals surface area contributed by atoms with E-state index in [0.29, 0.717) is 10.7 Å². The Kier molecular flexibility index (Phi) is 4.43. The van der Waals surface area contributed by atoms with Crippen LogP contribution in [-0.4, -0.2) is 23.5 Å². The molecule has 0 saturated heterocycles. The van der Waals surface area contributed by atoms with Gasteiger partial charge in [-0.05, 0) is 37.1 Å². The molecule has 4 nitrogen and oxygen atoms in total. The number of nitrogens with zero attached hydrogens (tertiary/aromatic N) is 1. The molecule has 0 bridgehead atoms. The van der Waals surface area contributed by atoms with Gasteiger partial charge in [0.05, 0.1) is 0 Å². The fraction of sp³-hybridized carbons (Fsp3) is 0.429. The molecule has 1 aliphatic carbocycles. The Labute approximate surface area is 117 Å². The number of hydrogen-bond donors (Lipinski definition) is 1. The largest absolute Gasteiger partial charge is 0.480 e. The first-order chi connectivity index (χ1) is 9.08. The summed E-state index contributed by atoms with van der Waals surface area (Å²) < 4.78 is 0. The van der Waals surface area contributed by atoms with Crippen molar-refractivity contribution in [2.24, 2.45) is 5.92 Å². The van der Waals surface area contributed by atoms with Gasteiger partial charge >= 0.3 is 5.97 Å². The molecule has 0 aromatic heterocycles. The van der Waals surface area contributed by atoms with E-state index >= 15 is 0 Å². The highest BCUT2D eigenvalue weighted by Crippen LogP contribution is 2.29. The second-order valence-electron chi connectivity index (χ2n) is 4.78. The molecule has 0 unspecified atom stereocenters. The minimum Gasteiger partial charge on any atom is -0.480 e. The predicted octanol–water partition coefficient (Wildman–Crippen LogP) is 2.95. The number of carboxylic acids is 1. The van der Waals surface area contributed by atoms with Crippen molar-refractivity contribution < 1.29 is 14.7 Å². The Morgan fingerprint density at radius 1 is 1.21 bits per heavy atom. The maximum Gasteiger partial charge on any atom is 0.323 e. The molecule has 0 atom stereocenters. The molecule has 2 rings (SSSR count). The second kappa shape index (κ2) is 6.06. The van der Waals surface area contributed by atoms with Crippen LogP contribution in [0.4, 0.5) is 5.69 Å². The van der Waals surface area contributed by atoms with Gasteiger partial charge in [-0.15, -0.1) is 0 Å².